The predicted molar refractivity (Wildman–Crippen MR) is 113 cm³/mol. The van der Waals surface area contributed by atoms with E-state index in [1.807, 2.05) is 25.4 Å². The van der Waals surface area contributed by atoms with Crippen LogP contribution < -0.4 is 4.57 Å². The van der Waals surface area contributed by atoms with Gasteiger partial charge >= 0.3 is 0 Å². The van der Waals surface area contributed by atoms with Gasteiger partial charge in [-0.25, -0.2) is 4.57 Å². The number of hydrogen-bond acceptors (Lipinski definition) is 2. The minimum atomic E-state index is 0.480. The minimum absolute atomic E-state index is 0.480. The summed E-state index contributed by atoms with van der Waals surface area (Å²) in [6.07, 6.45) is 2.92. The maximum Gasteiger partial charge on any atom is 0.216 e. The number of aryl methyl sites for hydroxylation is 3. The molecule has 0 saturated heterocycles. The first kappa shape index (κ1) is 18.3. The molecule has 140 valence electrons. The van der Waals surface area contributed by atoms with Gasteiger partial charge in [-0.2, -0.15) is 5.26 Å². The second-order valence-corrected chi connectivity index (χ2v) is 8.07. The molecular weight excluding hydrogens is 344 g/mol. The predicted octanol–water partition coefficient (Wildman–Crippen LogP) is 5.76. The zero-order valence-electron chi connectivity index (χ0n) is 17.1. The molecule has 4 rings (SSSR count). The van der Waals surface area contributed by atoms with Gasteiger partial charge in [0.1, 0.15) is 18.7 Å². The maximum absolute atomic E-state index is 9.95. The molecule has 0 saturated carbocycles. The Morgan fingerprint density at radius 2 is 1.82 bits per heavy atom. The third kappa shape index (κ3) is 2.77. The summed E-state index contributed by atoms with van der Waals surface area (Å²) in [7, 11) is 2.04. The topological polar surface area (TPSA) is 40.8 Å². The lowest BCUT2D eigenvalue weighted by molar-refractivity contribution is -0.660. The average molecular weight is 369 g/mol. The molecule has 0 fully saturated rings. The van der Waals surface area contributed by atoms with Gasteiger partial charge in [0.05, 0.1) is 11.1 Å². The Hall–Kier alpha value is -3.12. The first-order valence-corrected chi connectivity index (χ1v) is 9.75. The van der Waals surface area contributed by atoms with Crippen molar-refractivity contribution in [1.82, 2.24) is 0 Å². The summed E-state index contributed by atoms with van der Waals surface area (Å²) >= 11 is 0. The number of rotatable bonds is 3. The second kappa shape index (κ2) is 6.80. The van der Waals surface area contributed by atoms with E-state index in [1.165, 1.54) is 0 Å². The molecule has 0 aliphatic heterocycles. The molecule has 0 aliphatic carbocycles. The zero-order valence-corrected chi connectivity index (χ0v) is 17.1. The van der Waals surface area contributed by atoms with Crippen molar-refractivity contribution < 1.29 is 8.98 Å². The van der Waals surface area contributed by atoms with Crippen LogP contribution in [0.2, 0.25) is 0 Å². The van der Waals surface area contributed by atoms with Crippen LogP contribution in [0.5, 0.6) is 0 Å². The van der Waals surface area contributed by atoms with Crippen molar-refractivity contribution in [2.45, 2.75) is 34.1 Å². The number of pyridine rings is 1. The Morgan fingerprint density at radius 1 is 1.04 bits per heavy atom. The summed E-state index contributed by atoms with van der Waals surface area (Å²) in [5.74, 6) is 0.480. The fourth-order valence-corrected chi connectivity index (χ4v) is 4.14. The van der Waals surface area contributed by atoms with Crippen LogP contribution in [0, 0.1) is 31.1 Å². The van der Waals surface area contributed by atoms with Crippen molar-refractivity contribution in [3.63, 3.8) is 0 Å². The van der Waals surface area contributed by atoms with Crippen LogP contribution in [-0.4, -0.2) is 0 Å². The fraction of sp³-hybridized carbons (Fsp3) is 0.280. The van der Waals surface area contributed by atoms with Crippen molar-refractivity contribution in [3.8, 4) is 17.3 Å². The van der Waals surface area contributed by atoms with Gasteiger partial charge in [-0.05, 0) is 55.0 Å². The molecule has 0 atom stereocenters. The Balaban J connectivity index is 2.13. The highest BCUT2D eigenvalue weighted by atomic mass is 16.3. The molecule has 2 aromatic heterocycles. The highest BCUT2D eigenvalue weighted by molar-refractivity contribution is 6.11. The molecule has 3 heteroatoms. The Kier molecular flexibility index (Phi) is 4.43. The first-order valence-electron chi connectivity index (χ1n) is 9.75. The number of hydrogen-bond donors (Lipinski definition) is 0. The average Bonchev–Trinajstić information content (AvgIpc) is 3.01. The van der Waals surface area contributed by atoms with Crippen molar-refractivity contribution in [2.24, 2.45) is 13.0 Å². The normalized spacial score (nSPS) is 11.5. The summed E-state index contributed by atoms with van der Waals surface area (Å²) in [5.41, 5.74) is 7.86. The lowest BCUT2D eigenvalue weighted by Crippen LogP contribution is -2.30. The molecule has 0 amide bonds. The standard InChI is InChI=1S/C25H25N2O/c1-15(2)12-19-17(4)13-20-18-10-9-16(3)23(22-8-6-7-11-27(22)5)25(18)28-24(20)21(19)14-26/h6-11,13,15H,12H2,1-5H3/q+1. The molecule has 28 heavy (non-hydrogen) atoms. The van der Waals surface area contributed by atoms with Crippen LogP contribution in [0.3, 0.4) is 0 Å². The molecule has 4 aromatic rings. The number of aromatic nitrogens is 1. The van der Waals surface area contributed by atoms with E-state index in [0.29, 0.717) is 17.1 Å². The summed E-state index contributed by atoms with van der Waals surface area (Å²) in [6.45, 7) is 8.57. The van der Waals surface area contributed by atoms with Gasteiger partial charge in [0.15, 0.2) is 11.8 Å². The van der Waals surface area contributed by atoms with Crippen molar-refractivity contribution in [2.75, 3.05) is 0 Å². The largest absolute Gasteiger partial charge is 0.454 e. The van der Waals surface area contributed by atoms with E-state index in [1.54, 1.807) is 0 Å². The van der Waals surface area contributed by atoms with E-state index in [9.17, 15) is 5.26 Å². The summed E-state index contributed by atoms with van der Waals surface area (Å²) in [5, 5.41) is 12.0. The second-order valence-electron chi connectivity index (χ2n) is 8.07. The van der Waals surface area contributed by atoms with Gasteiger partial charge in [-0.15, -0.1) is 0 Å². The lowest BCUT2D eigenvalue weighted by Gasteiger charge is -2.11. The Labute approximate surface area is 165 Å². The number of benzene rings is 2. The molecule has 0 N–H and O–H groups in total. The van der Waals surface area contributed by atoms with Gasteiger partial charge in [-0.1, -0.05) is 26.0 Å². The zero-order chi connectivity index (χ0) is 20.0. The third-order valence-corrected chi connectivity index (χ3v) is 5.51. The van der Waals surface area contributed by atoms with E-state index in [2.05, 4.69) is 62.6 Å². The Morgan fingerprint density at radius 3 is 2.50 bits per heavy atom. The van der Waals surface area contributed by atoms with Crippen molar-refractivity contribution in [3.05, 3.63) is 64.8 Å². The third-order valence-electron chi connectivity index (χ3n) is 5.51. The minimum Gasteiger partial charge on any atom is -0.454 e. The van der Waals surface area contributed by atoms with Gasteiger partial charge in [0.2, 0.25) is 5.69 Å². The van der Waals surface area contributed by atoms with E-state index in [4.69, 9.17) is 4.42 Å². The molecule has 0 unspecified atom stereocenters. The first-order chi connectivity index (χ1) is 13.4. The monoisotopic (exact) mass is 369 g/mol. The molecule has 0 aliphatic rings. The van der Waals surface area contributed by atoms with Crippen molar-refractivity contribution >= 4 is 21.9 Å². The SMILES string of the molecule is Cc1cc2c(oc3c(-c4cccc[n+]4C)c(C)ccc32)c(C#N)c1CC(C)C. The van der Waals surface area contributed by atoms with Gasteiger partial charge < -0.3 is 4.42 Å². The molecule has 2 heterocycles. The van der Waals surface area contributed by atoms with Crippen LogP contribution in [0.4, 0.5) is 0 Å². The lowest BCUT2D eigenvalue weighted by atomic mass is 9.92. The van der Waals surface area contributed by atoms with Crippen LogP contribution in [-0.2, 0) is 13.5 Å². The van der Waals surface area contributed by atoms with E-state index < -0.39 is 0 Å². The van der Waals surface area contributed by atoms with Gasteiger partial charge in [0, 0.05) is 22.9 Å². The molecule has 2 aromatic carbocycles. The van der Waals surface area contributed by atoms with Crippen LogP contribution in [0.25, 0.3) is 33.2 Å². The molecule has 0 spiro atoms. The van der Waals surface area contributed by atoms with Crippen LogP contribution in [0.1, 0.15) is 36.1 Å². The smallest absolute Gasteiger partial charge is 0.216 e. The van der Waals surface area contributed by atoms with Gasteiger partial charge in [-0.3, -0.25) is 0 Å². The van der Waals surface area contributed by atoms with Crippen LogP contribution >= 0.6 is 0 Å². The van der Waals surface area contributed by atoms with E-state index >= 15 is 0 Å². The van der Waals surface area contributed by atoms with Gasteiger partial charge in [0.25, 0.3) is 0 Å². The molecule has 3 nitrogen and oxygen atoms in total. The molecule has 0 bridgehead atoms. The number of furan rings is 1. The summed E-state index contributed by atoms with van der Waals surface area (Å²) < 4.78 is 8.54. The highest BCUT2D eigenvalue weighted by Gasteiger charge is 2.23. The summed E-state index contributed by atoms with van der Waals surface area (Å²) in [4.78, 5) is 0. The Bertz CT molecular complexity index is 1260. The molecular formula is C25H25N2O+. The highest BCUT2D eigenvalue weighted by Crippen LogP contribution is 2.39. The number of nitriles is 1. The van der Waals surface area contributed by atoms with E-state index in [-0.39, 0.29) is 0 Å². The van der Waals surface area contributed by atoms with Crippen molar-refractivity contribution in [1.29, 1.82) is 5.26 Å². The maximum atomic E-state index is 9.95. The fourth-order valence-electron chi connectivity index (χ4n) is 4.14. The summed E-state index contributed by atoms with van der Waals surface area (Å²) in [6, 6.07) is 15.0. The number of nitrogens with zero attached hydrogens (tertiary/aromatic N) is 2. The van der Waals surface area contributed by atoms with Crippen LogP contribution in [0.15, 0.2) is 47.0 Å². The molecule has 0 radical (unpaired) electrons. The quantitative estimate of drug-likeness (QED) is 0.431. The number of fused-ring (bicyclic) bond motifs is 3. The van der Waals surface area contributed by atoms with E-state index in [0.717, 1.165) is 50.7 Å².